The number of amides is 1. The maximum absolute atomic E-state index is 12.2. The largest absolute Gasteiger partial charge is 0.321 e. The third-order valence-electron chi connectivity index (χ3n) is 3.43. The number of carbonyl (C=O) groups is 1. The molecule has 1 aromatic rings. The Morgan fingerprint density at radius 3 is 2.65 bits per heavy atom. The van der Waals surface area contributed by atoms with Crippen molar-refractivity contribution in [3.63, 3.8) is 0 Å². The molecule has 20 heavy (non-hydrogen) atoms. The first-order valence-electron chi connectivity index (χ1n) is 6.59. The lowest BCUT2D eigenvalue weighted by Gasteiger charge is -2.24. The van der Waals surface area contributed by atoms with Crippen molar-refractivity contribution in [2.45, 2.75) is 26.1 Å². The van der Waals surface area contributed by atoms with E-state index in [0.717, 1.165) is 11.1 Å². The van der Waals surface area contributed by atoms with E-state index in [9.17, 15) is 13.2 Å². The number of aryl methyl sites for hydroxylation is 1. The second-order valence-corrected chi connectivity index (χ2v) is 7.63. The molecule has 110 valence electrons. The van der Waals surface area contributed by atoms with Gasteiger partial charge >= 0.3 is 0 Å². The highest BCUT2D eigenvalue weighted by Crippen LogP contribution is 2.25. The number of nitrogens with one attached hydrogen (secondary N) is 1. The summed E-state index contributed by atoms with van der Waals surface area (Å²) in [5.74, 6) is -0.0738. The number of hydrogen-bond acceptors (Lipinski definition) is 4. The summed E-state index contributed by atoms with van der Waals surface area (Å²) in [6, 6.07) is 7.60. The zero-order valence-electron chi connectivity index (χ0n) is 12.0. The number of carbonyl (C=O) groups excluding carboxylic acids is 1. The Labute approximate surface area is 119 Å². The van der Waals surface area contributed by atoms with Gasteiger partial charge in [-0.2, -0.15) is 0 Å². The van der Waals surface area contributed by atoms with E-state index in [1.165, 1.54) is 6.26 Å². The molecule has 1 saturated heterocycles. The highest BCUT2D eigenvalue weighted by molar-refractivity contribution is 7.90. The molecule has 5 nitrogen and oxygen atoms in total. The van der Waals surface area contributed by atoms with Gasteiger partial charge in [0.1, 0.15) is 16.0 Å². The fourth-order valence-electron chi connectivity index (χ4n) is 2.39. The fourth-order valence-corrected chi connectivity index (χ4v) is 2.92. The summed E-state index contributed by atoms with van der Waals surface area (Å²) >= 11 is 0. The minimum atomic E-state index is -3.09. The van der Waals surface area contributed by atoms with E-state index in [2.05, 4.69) is 5.32 Å². The van der Waals surface area contributed by atoms with Crippen LogP contribution in [-0.2, 0) is 14.6 Å². The normalized spacial score (nSPS) is 23.4. The lowest BCUT2D eigenvalue weighted by Crippen LogP contribution is -2.34. The van der Waals surface area contributed by atoms with E-state index in [0.29, 0.717) is 0 Å². The zero-order chi connectivity index (χ0) is 14.9. The second kappa shape index (κ2) is 5.54. The highest BCUT2D eigenvalue weighted by atomic mass is 32.2. The summed E-state index contributed by atoms with van der Waals surface area (Å²) in [6.45, 7) is 4.00. The SMILES string of the molecule is Cc1cccc(C2NC(C)C(=O)N2CCS(C)(=O)=O)c1. The number of nitrogens with zero attached hydrogens (tertiary/aromatic N) is 1. The molecular formula is C14H20N2O3S. The van der Waals surface area contributed by atoms with Gasteiger partial charge in [-0.1, -0.05) is 29.8 Å². The van der Waals surface area contributed by atoms with E-state index in [-0.39, 0.29) is 30.4 Å². The first kappa shape index (κ1) is 15.0. The van der Waals surface area contributed by atoms with Crippen molar-refractivity contribution in [3.8, 4) is 0 Å². The number of hydrogen-bond donors (Lipinski definition) is 1. The molecule has 0 aromatic heterocycles. The van der Waals surface area contributed by atoms with Gasteiger partial charge in [0, 0.05) is 12.8 Å². The molecule has 1 aliphatic rings. The quantitative estimate of drug-likeness (QED) is 0.895. The third kappa shape index (κ3) is 3.37. The van der Waals surface area contributed by atoms with Gasteiger partial charge in [0.2, 0.25) is 5.91 Å². The molecule has 2 rings (SSSR count). The van der Waals surface area contributed by atoms with Crippen LogP contribution in [0.15, 0.2) is 24.3 Å². The molecule has 1 fully saturated rings. The third-order valence-corrected chi connectivity index (χ3v) is 4.36. The summed E-state index contributed by atoms with van der Waals surface area (Å²) in [7, 11) is -3.09. The molecule has 1 amide bonds. The van der Waals surface area contributed by atoms with E-state index in [4.69, 9.17) is 0 Å². The Balaban J connectivity index is 2.24. The molecule has 1 heterocycles. The fraction of sp³-hybridized carbons (Fsp3) is 0.500. The average Bonchev–Trinajstić information content (AvgIpc) is 2.62. The second-order valence-electron chi connectivity index (χ2n) is 5.37. The van der Waals surface area contributed by atoms with Crippen LogP contribution in [0.2, 0.25) is 0 Å². The Morgan fingerprint density at radius 2 is 2.05 bits per heavy atom. The van der Waals surface area contributed by atoms with Crippen molar-refractivity contribution in [3.05, 3.63) is 35.4 Å². The standard InChI is InChI=1S/C14H20N2O3S/c1-10-5-4-6-12(9-10)13-15-11(2)14(17)16(13)7-8-20(3,18)19/h4-6,9,11,13,15H,7-8H2,1-3H3. The van der Waals surface area contributed by atoms with E-state index >= 15 is 0 Å². The minimum absolute atomic E-state index is 0.0184. The van der Waals surface area contributed by atoms with Crippen LogP contribution in [0.1, 0.15) is 24.2 Å². The van der Waals surface area contributed by atoms with Gasteiger partial charge in [-0.05, 0) is 19.4 Å². The topological polar surface area (TPSA) is 66.5 Å². The van der Waals surface area contributed by atoms with Crippen LogP contribution in [0.4, 0.5) is 0 Å². The predicted molar refractivity (Wildman–Crippen MR) is 77.9 cm³/mol. The van der Waals surface area contributed by atoms with Crippen LogP contribution in [0, 0.1) is 6.92 Å². The van der Waals surface area contributed by atoms with Crippen LogP contribution in [0.25, 0.3) is 0 Å². The van der Waals surface area contributed by atoms with Crippen LogP contribution < -0.4 is 5.32 Å². The molecule has 1 N–H and O–H groups in total. The summed E-state index contributed by atoms with van der Waals surface area (Å²) in [5.41, 5.74) is 2.09. The van der Waals surface area contributed by atoms with Crippen LogP contribution in [-0.4, -0.2) is 43.8 Å². The lowest BCUT2D eigenvalue weighted by atomic mass is 10.1. The van der Waals surface area contributed by atoms with Gasteiger partial charge in [0.15, 0.2) is 0 Å². The van der Waals surface area contributed by atoms with E-state index in [1.807, 2.05) is 31.2 Å². The molecule has 6 heteroatoms. The number of benzene rings is 1. The van der Waals surface area contributed by atoms with Gasteiger partial charge in [-0.3, -0.25) is 10.1 Å². The first-order chi connectivity index (χ1) is 9.28. The molecule has 0 aliphatic carbocycles. The molecule has 0 bridgehead atoms. The molecule has 0 spiro atoms. The van der Waals surface area contributed by atoms with Gasteiger partial charge in [0.05, 0.1) is 11.8 Å². The van der Waals surface area contributed by atoms with Gasteiger partial charge < -0.3 is 4.90 Å². The molecule has 0 radical (unpaired) electrons. The number of sulfone groups is 1. The Bertz CT molecular complexity index is 613. The van der Waals surface area contributed by atoms with Gasteiger partial charge in [-0.15, -0.1) is 0 Å². The van der Waals surface area contributed by atoms with Crippen molar-refractivity contribution >= 4 is 15.7 Å². The molecule has 1 aromatic carbocycles. The Hall–Kier alpha value is -1.40. The molecular weight excluding hydrogens is 276 g/mol. The maximum atomic E-state index is 12.2. The van der Waals surface area contributed by atoms with Crippen molar-refractivity contribution < 1.29 is 13.2 Å². The van der Waals surface area contributed by atoms with Gasteiger partial charge in [0.25, 0.3) is 0 Å². The van der Waals surface area contributed by atoms with E-state index < -0.39 is 9.84 Å². The predicted octanol–water partition coefficient (Wildman–Crippen LogP) is 0.859. The lowest BCUT2D eigenvalue weighted by molar-refractivity contribution is -0.129. The Kier molecular flexibility index (Phi) is 4.15. The first-order valence-corrected chi connectivity index (χ1v) is 8.65. The Morgan fingerprint density at radius 1 is 1.35 bits per heavy atom. The monoisotopic (exact) mass is 296 g/mol. The van der Waals surface area contributed by atoms with Crippen molar-refractivity contribution in [1.82, 2.24) is 10.2 Å². The average molecular weight is 296 g/mol. The summed E-state index contributed by atoms with van der Waals surface area (Å²) in [4.78, 5) is 13.8. The summed E-state index contributed by atoms with van der Waals surface area (Å²) in [5, 5.41) is 3.22. The molecule has 2 unspecified atom stereocenters. The van der Waals surface area contributed by atoms with Crippen LogP contribution >= 0.6 is 0 Å². The zero-order valence-corrected chi connectivity index (χ0v) is 12.8. The van der Waals surface area contributed by atoms with Crippen molar-refractivity contribution in [1.29, 1.82) is 0 Å². The van der Waals surface area contributed by atoms with Crippen LogP contribution in [0.5, 0.6) is 0 Å². The summed E-state index contributed by atoms with van der Waals surface area (Å²) < 4.78 is 22.6. The highest BCUT2D eigenvalue weighted by Gasteiger charge is 2.37. The van der Waals surface area contributed by atoms with Crippen LogP contribution in [0.3, 0.4) is 0 Å². The van der Waals surface area contributed by atoms with E-state index in [1.54, 1.807) is 11.8 Å². The molecule has 0 saturated carbocycles. The maximum Gasteiger partial charge on any atom is 0.241 e. The smallest absolute Gasteiger partial charge is 0.241 e. The van der Waals surface area contributed by atoms with Crippen molar-refractivity contribution in [2.75, 3.05) is 18.6 Å². The molecule has 1 aliphatic heterocycles. The molecule has 2 atom stereocenters. The summed E-state index contributed by atoms with van der Waals surface area (Å²) in [6.07, 6.45) is 0.936. The minimum Gasteiger partial charge on any atom is -0.321 e. The van der Waals surface area contributed by atoms with Crippen molar-refractivity contribution in [2.24, 2.45) is 0 Å². The van der Waals surface area contributed by atoms with Gasteiger partial charge in [-0.25, -0.2) is 8.42 Å². The number of rotatable bonds is 4.